The maximum atomic E-state index is 2.31. The van der Waals surface area contributed by atoms with Gasteiger partial charge in [-0.05, 0) is 26.7 Å². The molecule has 70 valence electrons. The van der Waals surface area contributed by atoms with Gasteiger partial charge in [-0.2, -0.15) is 0 Å². The SMILES string of the molecule is CCC[NH+](CCC)C(C)C.[Br-]. The molecule has 0 saturated heterocycles. The van der Waals surface area contributed by atoms with Crippen LogP contribution in [0.15, 0.2) is 0 Å². The Hall–Kier alpha value is 0.440. The van der Waals surface area contributed by atoms with Crippen molar-refractivity contribution < 1.29 is 21.9 Å². The van der Waals surface area contributed by atoms with E-state index in [-0.39, 0.29) is 17.0 Å². The molecule has 0 aliphatic heterocycles. The zero-order valence-electron chi connectivity index (χ0n) is 8.28. The summed E-state index contributed by atoms with van der Waals surface area (Å²) in [6.07, 6.45) is 2.63. The summed E-state index contributed by atoms with van der Waals surface area (Å²) in [5.41, 5.74) is 0. The van der Waals surface area contributed by atoms with E-state index < -0.39 is 0 Å². The van der Waals surface area contributed by atoms with Crippen LogP contribution in [0.5, 0.6) is 0 Å². The highest BCUT2D eigenvalue weighted by Gasteiger charge is 2.08. The van der Waals surface area contributed by atoms with Gasteiger partial charge in [0.2, 0.25) is 0 Å². The second-order valence-corrected chi connectivity index (χ2v) is 3.31. The lowest BCUT2D eigenvalue weighted by atomic mass is 10.3. The molecule has 1 nitrogen and oxygen atoms in total. The molecule has 2 heteroatoms. The number of quaternary nitrogens is 1. The monoisotopic (exact) mass is 223 g/mol. The van der Waals surface area contributed by atoms with Gasteiger partial charge in [-0.15, -0.1) is 0 Å². The van der Waals surface area contributed by atoms with Crippen molar-refractivity contribution in [3.8, 4) is 0 Å². The average molecular weight is 224 g/mol. The Morgan fingerprint density at radius 3 is 1.55 bits per heavy atom. The predicted molar refractivity (Wildman–Crippen MR) is 46.4 cm³/mol. The summed E-state index contributed by atoms with van der Waals surface area (Å²) in [4.78, 5) is 1.75. The first-order chi connectivity index (χ1) is 4.72. The third-order valence-corrected chi connectivity index (χ3v) is 1.96. The van der Waals surface area contributed by atoms with Crippen molar-refractivity contribution in [2.75, 3.05) is 13.1 Å². The molecule has 0 aliphatic rings. The van der Waals surface area contributed by atoms with E-state index in [1.54, 1.807) is 4.90 Å². The van der Waals surface area contributed by atoms with Crippen LogP contribution in [0.1, 0.15) is 40.5 Å². The molecule has 0 bridgehead atoms. The molecule has 0 aromatic rings. The lowest BCUT2D eigenvalue weighted by molar-refractivity contribution is -0.921. The van der Waals surface area contributed by atoms with Crippen LogP contribution in [-0.2, 0) is 0 Å². The molecule has 0 radical (unpaired) electrons. The second-order valence-electron chi connectivity index (χ2n) is 3.31. The molecule has 0 heterocycles. The number of hydrogen-bond acceptors (Lipinski definition) is 0. The third-order valence-electron chi connectivity index (χ3n) is 1.96. The number of rotatable bonds is 5. The van der Waals surface area contributed by atoms with Gasteiger partial charge in [0.1, 0.15) is 0 Å². The van der Waals surface area contributed by atoms with Gasteiger partial charge in [-0.3, -0.25) is 0 Å². The Labute approximate surface area is 81.9 Å². The fourth-order valence-corrected chi connectivity index (χ4v) is 1.34. The van der Waals surface area contributed by atoms with Crippen LogP contribution < -0.4 is 21.9 Å². The molecule has 0 aromatic carbocycles. The first-order valence-corrected chi connectivity index (χ1v) is 4.56. The topological polar surface area (TPSA) is 4.44 Å². The summed E-state index contributed by atoms with van der Waals surface area (Å²) in [6, 6.07) is 0.805. The Kier molecular flexibility index (Phi) is 10.9. The van der Waals surface area contributed by atoms with E-state index in [9.17, 15) is 0 Å². The molecule has 0 atom stereocenters. The van der Waals surface area contributed by atoms with Crippen LogP contribution >= 0.6 is 0 Å². The quantitative estimate of drug-likeness (QED) is 0.556. The third kappa shape index (κ3) is 6.82. The standard InChI is InChI=1S/C9H21N.BrH/c1-5-7-10(8-6-2)9(3)4;/h9H,5-8H2,1-4H3;1H. The van der Waals surface area contributed by atoms with E-state index >= 15 is 0 Å². The van der Waals surface area contributed by atoms with Crippen molar-refractivity contribution in [1.29, 1.82) is 0 Å². The molecule has 11 heavy (non-hydrogen) atoms. The second kappa shape index (κ2) is 8.54. The lowest BCUT2D eigenvalue weighted by Gasteiger charge is -2.21. The van der Waals surface area contributed by atoms with Crippen LogP contribution in [0, 0.1) is 0 Å². The van der Waals surface area contributed by atoms with E-state index in [1.807, 2.05) is 0 Å². The van der Waals surface area contributed by atoms with Crippen LogP contribution in [0.2, 0.25) is 0 Å². The molecule has 0 spiro atoms. The Balaban J connectivity index is 0. The molecule has 0 unspecified atom stereocenters. The summed E-state index contributed by atoms with van der Waals surface area (Å²) in [7, 11) is 0. The molecule has 0 saturated carbocycles. The highest BCUT2D eigenvalue weighted by atomic mass is 79.9. The minimum atomic E-state index is 0. The highest BCUT2D eigenvalue weighted by molar-refractivity contribution is 4.35. The normalized spacial score (nSPS) is 10.4. The fraction of sp³-hybridized carbons (Fsp3) is 1.00. The molecule has 0 amide bonds. The molecular weight excluding hydrogens is 202 g/mol. The first-order valence-electron chi connectivity index (χ1n) is 4.56. The predicted octanol–water partition coefficient (Wildman–Crippen LogP) is -1.90. The van der Waals surface area contributed by atoms with Crippen molar-refractivity contribution in [3.05, 3.63) is 0 Å². The molecule has 1 N–H and O–H groups in total. The number of nitrogens with one attached hydrogen (secondary N) is 1. The maximum Gasteiger partial charge on any atom is 0.0817 e. The summed E-state index contributed by atoms with van der Waals surface area (Å²) >= 11 is 0. The van der Waals surface area contributed by atoms with E-state index in [0.717, 1.165) is 6.04 Å². The van der Waals surface area contributed by atoms with Gasteiger partial charge in [0.15, 0.2) is 0 Å². The summed E-state index contributed by atoms with van der Waals surface area (Å²) in [5, 5.41) is 0. The van der Waals surface area contributed by atoms with E-state index in [0.29, 0.717) is 0 Å². The first kappa shape index (κ1) is 14.0. The Morgan fingerprint density at radius 2 is 1.36 bits per heavy atom. The molecule has 0 aromatic heterocycles. The molecule has 0 rings (SSSR count). The van der Waals surface area contributed by atoms with Crippen molar-refractivity contribution in [1.82, 2.24) is 0 Å². The van der Waals surface area contributed by atoms with Crippen LogP contribution in [0.25, 0.3) is 0 Å². The van der Waals surface area contributed by atoms with Crippen LogP contribution in [0.4, 0.5) is 0 Å². The van der Waals surface area contributed by atoms with Gasteiger partial charge >= 0.3 is 0 Å². The number of hydrogen-bond donors (Lipinski definition) is 1. The number of halogens is 1. The molecule has 0 fully saturated rings. The Morgan fingerprint density at radius 1 is 1.00 bits per heavy atom. The van der Waals surface area contributed by atoms with Crippen molar-refractivity contribution >= 4 is 0 Å². The van der Waals surface area contributed by atoms with Crippen molar-refractivity contribution in [2.45, 2.75) is 46.6 Å². The van der Waals surface area contributed by atoms with E-state index in [1.165, 1.54) is 25.9 Å². The highest BCUT2D eigenvalue weighted by Crippen LogP contribution is 1.74. The minimum Gasteiger partial charge on any atom is -1.00 e. The lowest BCUT2D eigenvalue weighted by Crippen LogP contribution is -3.14. The van der Waals surface area contributed by atoms with Crippen molar-refractivity contribution in [2.24, 2.45) is 0 Å². The molecular formula is C9H22BrN. The van der Waals surface area contributed by atoms with Gasteiger partial charge in [0, 0.05) is 0 Å². The van der Waals surface area contributed by atoms with E-state index in [4.69, 9.17) is 0 Å². The minimum absolute atomic E-state index is 0. The van der Waals surface area contributed by atoms with E-state index in [2.05, 4.69) is 27.7 Å². The summed E-state index contributed by atoms with van der Waals surface area (Å²) in [6.45, 7) is 11.8. The van der Waals surface area contributed by atoms with Crippen LogP contribution in [-0.4, -0.2) is 19.1 Å². The van der Waals surface area contributed by atoms with Gasteiger partial charge in [0.25, 0.3) is 0 Å². The molecule has 0 aliphatic carbocycles. The summed E-state index contributed by atoms with van der Waals surface area (Å²) in [5.74, 6) is 0. The Bertz CT molecular complexity index is 68.0. The maximum absolute atomic E-state index is 2.31. The fourth-order valence-electron chi connectivity index (χ4n) is 1.34. The van der Waals surface area contributed by atoms with Gasteiger partial charge in [-0.25, -0.2) is 0 Å². The van der Waals surface area contributed by atoms with Gasteiger partial charge < -0.3 is 21.9 Å². The van der Waals surface area contributed by atoms with Crippen molar-refractivity contribution in [3.63, 3.8) is 0 Å². The van der Waals surface area contributed by atoms with Gasteiger partial charge in [-0.1, -0.05) is 13.8 Å². The smallest absolute Gasteiger partial charge is 0.0817 e. The zero-order valence-corrected chi connectivity index (χ0v) is 9.87. The van der Waals surface area contributed by atoms with Crippen LogP contribution in [0.3, 0.4) is 0 Å². The van der Waals surface area contributed by atoms with Gasteiger partial charge in [0.05, 0.1) is 19.1 Å². The average Bonchev–Trinajstić information content (AvgIpc) is 1.87. The largest absolute Gasteiger partial charge is 1.00 e. The summed E-state index contributed by atoms with van der Waals surface area (Å²) < 4.78 is 0. The zero-order chi connectivity index (χ0) is 7.98.